The lowest BCUT2D eigenvalue weighted by Crippen LogP contribution is -2.23. The normalized spacial score (nSPS) is 12.6. The molecule has 1 aromatic heterocycles. The number of aryl methyl sites for hydroxylation is 1. The first kappa shape index (κ1) is 14.6. The van der Waals surface area contributed by atoms with Gasteiger partial charge >= 0.3 is 0 Å². The molecule has 102 valence electrons. The van der Waals surface area contributed by atoms with Crippen LogP contribution in [-0.4, -0.2) is 6.54 Å². The van der Waals surface area contributed by atoms with Crippen LogP contribution < -0.4 is 5.32 Å². The molecule has 1 N–H and O–H groups in total. The summed E-state index contributed by atoms with van der Waals surface area (Å²) in [5, 5.41) is 6.73. The second kappa shape index (κ2) is 7.09. The Bertz CT molecular complexity index is 521. The third kappa shape index (κ3) is 4.07. The van der Waals surface area contributed by atoms with E-state index in [1.807, 2.05) is 23.5 Å². The van der Waals surface area contributed by atoms with Crippen molar-refractivity contribution in [3.63, 3.8) is 0 Å². The quantitative estimate of drug-likeness (QED) is 0.791. The highest BCUT2D eigenvalue weighted by atomic mass is 35.5. The molecule has 19 heavy (non-hydrogen) atoms. The van der Waals surface area contributed by atoms with E-state index in [2.05, 4.69) is 42.7 Å². The molecule has 2 rings (SSSR count). The van der Waals surface area contributed by atoms with Crippen molar-refractivity contribution >= 4 is 22.9 Å². The summed E-state index contributed by atoms with van der Waals surface area (Å²) in [5.41, 5.74) is 2.58. The molecule has 0 amide bonds. The third-order valence-electron chi connectivity index (χ3n) is 3.18. The number of hydrogen-bond acceptors (Lipinski definition) is 2. The highest BCUT2D eigenvalue weighted by Gasteiger charge is 2.14. The maximum absolute atomic E-state index is 6.27. The average Bonchev–Trinajstić information content (AvgIpc) is 2.83. The molecule has 0 aliphatic rings. The zero-order valence-corrected chi connectivity index (χ0v) is 13.0. The van der Waals surface area contributed by atoms with Gasteiger partial charge in [-0.25, -0.2) is 0 Å². The first-order valence-electron chi connectivity index (χ1n) is 6.72. The Morgan fingerprint density at radius 2 is 2.11 bits per heavy atom. The van der Waals surface area contributed by atoms with Gasteiger partial charge in [0.1, 0.15) is 0 Å². The molecule has 0 fully saturated rings. The number of benzene rings is 1. The van der Waals surface area contributed by atoms with Crippen LogP contribution in [0.5, 0.6) is 0 Å². The van der Waals surface area contributed by atoms with Crippen molar-refractivity contribution in [2.75, 3.05) is 6.54 Å². The van der Waals surface area contributed by atoms with Gasteiger partial charge in [0, 0.05) is 15.9 Å². The van der Waals surface area contributed by atoms with E-state index in [-0.39, 0.29) is 0 Å². The standard InChI is InChI=1S/C16H20ClNS/c1-3-8-18-16(14-9-12(2)19-11-14)10-13-6-4-5-7-15(13)17/h4-7,9,11,16,18H,3,8,10H2,1-2H3. The Morgan fingerprint density at radius 1 is 1.32 bits per heavy atom. The summed E-state index contributed by atoms with van der Waals surface area (Å²) < 4.78 is 0. The van der Waals surface area contributed by atoms with Gasteiger partial charge in [-0.2, -0.15) is 0 Å². The summed E-state index contributed by atoms with van der Waals surface area (Å²) in [7, 11) is 0. The fourth-order valence-corrected chi connectivity index (χ4v) is 3.13. The van der Waals surface area contributed by atoms with Crippen LogP contribution in [0.3, 0.4) is 0 Å². The Morgan fingerprint density at radius 3 is 2.74 bits per heavy atom. The molecule has 3 heteroatoms. The van der Waals surface area contributed by atoms with Crippen LogP contribution in [0.15, 0.2) is 35.7 Å². The Balaban J connectivity index is 2.16. The molecule has 0 aliphatic heterocycles. The van der Waals surface area contributed by atoms with Crippen molar-refractivity contribution in [2.45, 2.75) is 32.7 Å². The third-order valence-corrected chi connectivity index (χ3v) is 4.42. The van der Waals surface area contributed by atoms with Gasteiger partial charge in [-0.1, -0.05) is 36.7 Å². The molecule has 0 radical (unpaired) electrons. The minimum atomic E-state index is 0.352. The molecule has 0 aliphatic carbocycles. The lowest BCUT2D eigenvalue weighted by Gasteiger charge is -2.18. The maximum Gasteiger partial charge on any atom is 0.0438 e. The second-order valence-electron chi connectivity index (χ2n) is 4.79. The summed E-state index contributed by atoms with van der Waals surface area (Å²) in [5.74, 6) is 0. The van der Waals surface area contributed by atoms with Crippen LogP contribution in [0.2, 0.25) is 5.02 Å². The molecule has 0 saturated heterocycles. The van der Waals surface area contributed by atoms with Crippen LogP contribution in [0.1, 0.15) is 35.4 Å². The molecule has 1 unspecified atom stereocenters. The van der Waals surface area contributed by atoms with E-state index in [1.54, 1.807) is 0 Å². The molecule has 1 heterocycles. The highest BCUT2D eigenvalue weighted by molar-refractivity contribution is 7.10. The number of nitrogens with one attached hydrogen (secondary N) is 1. The number of halogens is 1. The Kier molecular flexibility index (Phi) is 5.44. The van der Waals surface area contributed by atoms with Gasteiger partial charge in [0.15, 0.2) is 0 Å². The predicted molar refractivity (Wildman–Crippen MR) is 85.2 cm³/mol. The van der Waals surface area contributed by atoms with Gasteiger partial charge in [0.25, 0.3) is 0 Å². The number of rotatable bonds is 6. The number of thiophene rings is 1. The predicted octanol–water partition coefficient (Wildman–Crippen LogP) is 4.99. The maximum atomic E-state index is 6.27. The fraction of sp³-hybridized carbons (Fsp3) is 0.375. The fourth-order valence-electron chi connectivity index (χ4n) is 2.16. The van der Waals surface area contributed by atoms with E-state index >= 15 is 0 Å². The zero-order valence-electron chi connectivity index (χ0n) is 11.4. The van der Waals surface area contributed by atoms with E-state index in [0.29, 0.717) is 6.04 Å². The minimum absolute atomic E-state index is 0.352. The van der Waals surface area contributed by atoms with Crippen molar-refractivity contribution in [3.8, 4) is 0 Å². The summed E-state index contributed by atoms with van der Waals surface area (Å²) in [6.45, 7) is 5.38. The van der Waals surface area contributed by atoms with E-state index in [9.17, 15) is 0 Å². The SMILES string of the molecule is CCCNC(Cc1ccccc1Cl)c1csc(C)c1. The van der Waals surface area contributed by atoms with Crippen molar-refractivity contribution in [2.24, 2.45) is 0 Å². The topological polar surface area (TPSA) is 12.0 Å². The number of hydrogen-bond donors (Lipinski definition) is 1. The summed E-state index contributed by atoms with van der Waals surface area (Å²) in [6.07, 6.45) is 2.08. The molecule has 0 saturated carbocycles. The monoisotopic (exact) mass is 293 g/mol. The van der Waals surface area contributed by atoms with E-state index in [4.69, 9.17) is 11.6 Å². The lowest BCUT2D eigenvalue weighted by molar-refractivity contribution is 0.530. The first-order chi connectivity index (χ1) is 9.20. The van der Waals surface area contributed by atoms with Gasteiger partial charge in [-0.05, 0) is 54.9 Å². The van der Waals surface area contributed by atoms with Gasteiger partial charge < -0.3 is 5.32 Å². The molecule has 1 nitrogen and oxygen atoms in total. The zero-order chi connectivity index (χ0) is 13.7. The van der Waals surface area contributed by atoms with E-state index in [0.717, 1.165) is 24.4 Å². The first-order valence-corrected chi connectivity index (χ1v) is 7.98. The van der Waals surface area contributed by atoms with Crippen LogP contribution in [0.4, 0.5) is 0 Å². The highest BCUT2D eigenvalue weighted by Crippen LogP contribution is 2.26. The Labute approximate surface area is 124 Å². The average molecular weight is 294 g/mol. The van der Waals surface area contributed by atoms with Crippen molar-refractivity contribution in [1.82, 2.24) is 5.32 Å². The van der Waals surface area contributed by atoms with Crippen LogP contribution in [0.25, 0.3) is 0 Å². The molecule has 0 bridgehead atoms. The smallest absolute Gasteiger partial charge is 0.0438 e. The van der Waals surface area contributed by atoms with E-state index in [1.165, 1.54) is 16.0 Å². The van der Waals surface area contributed by atoms with Crippen molar-refractivity contribution in [1.29, 1.82) is 0 Å². The summed E-state index contributed by atoms with van der Waals surface area (Å²) in [6, 6.07) is 10.7. The second-order valence-corrected chi connectivity index (χ2v) is 6.32. The van der Waals surface area contributed by atoms with Crippen molar-refractivity contribution in [3.05, 3.63) is 56.7 Å². The van der Waals surface area contributed by atoms with Crippen LogP contribution in [-0.2, 0) is 6.42 Å². The largest absolute Gasteiger partial charge is 0.310 e. The molecular formula is C16H20ClNS. The molecular weight excluding hydrogens is 274 g/mol. The molecule has 2 aromatic rings. The Hall–Kier alpha value is -0.830. The minimum Gasteiger partial charge on any atom is -0.310 e. The van der Waals surface area contributed by atoms with Gasteiger partial charge in [-0.3, -0.25) is 0 Å². The van der Waals surface area contributed by atoms with Crippen LogP contribution >= 0.6 is 22.9 Å². The van der Waals surface area contributed by atoms with Gasteiger partial charge in [0.05, 0.1) is 0 Å². The molecule has 0 spiro atoms. The summed E-state index contributed by atoms with van der Waals surface area (Å²) >= 11 is 8.08. The summed E-state index contributed by atoms with van der Waals surface area (Å²) in [4.78, 5) is 1.36. The lowest BCUT2D eigenvalue weighted by atomic mass is 10.0. The van der Waals surface area contributed by atoms with Gasteiger partial charge in [0.2, 0.25) is 0 Å². The van der Waals surface area contributed by atoms with E-state index < -0.39 is 0 Å². The molecule has 1 atom stereocenters. The van der Waals surface area contributed by atoms with Gasteiger partial charge in [-0.15, -0.1) is 11.3 Å². The van der Waals surface area contributed by atoms with Crippen molar-refractivity contribution < 1.29 is 0 Å². The molecule has 1 aromatic carbocycles. The van der Waals surface area contributed by atoms with Crippen LogP contribution in [0, 0.1) is 6.92 Å².